The van der Waals surface area contributed by atoms with Crippen LogP contribution in [0.3, 0.4) is 0 Å². The van der Waals surface area contributed by atoms with Crippen molar-refractivity contribution in [2.24, 2.45) is 0 Å². The third-order valence-electron chi connectivity index (χ3n) is 3.32. The SMILES string of the molecule is COc1ccc(C(C)C(=O)NCc2ccccc2)cc1. The lowest BCUT2D eigenvalue weighted by Crippen LogP contribution is -2.27. The van der Waals surface area contributed by atoms with E-state index >= 15 is 0 Å². The third kappa shape index (κ3) is 3.60. The van der Waals surface area contributed by atoms with Crippen molar-refractivity contribution in [3.8, 4) is 5.75 Å². The lowest BCUT2D eigenvalue weighted by Gasteiger charge is -2.13. The molecule has 0 heterocycles. The summed E-state index contributed by atoms with van der Waals surface area (Å²) in [7, 11) is 1.63. The van der Waals surface area contributed by atoms with E-state index in [4.69, 9.17) is 4.74 Å². The number of carbonyl (C=O) groups excluding carboxylic acids is 1. The monoisotopic (exact) mass is 269 g/mol. The number of rotatable bonds is 5. The van der Waals surface area contributed by atoms with Crippen LogP contribution < -0.4 is 10.1 Å². The van der Waals surface area contributed by atoms with Gasteiger partial charge in [-0.2, -0.15) is 0 Å². The molecule has 0 radical (unpaired) electrons. The van der Waals surface area contributed by atoms with Gasteiger partial charge in [-0.15, -0.1) is 0 Å². The Kier molecular flexibility index (Phi) is 4.77. The molecule has 1 amide bonds. The first-order valence-electron chi connectivity index (χ1n) is 6.66. The zero-order valence-corrected chi connectivity index (χ0v) is 11.8. The zero-order chi connectivity index (χ0) is 14.4. The molecule has 3 nitrogen and oxygen atoms in total. The Labute approximate surface area is 119 Å². The van der Waals surface area contributed by atoms with Gasteiger partial charge in [0.25, 0.3) is 0 Å². The van der Waals surface area contributed by atoms with Crippen LogP contribution in [0.2, 0.25) is 0 Å². The molecule has 0 aliphatic rings. The summed E-state index contributed by atoms with van der Waals surface area (Å²) in [6.07, 6.45) is 0. The van der Waals surface area contributed by atoms with Crippen LogP contribution in [-0.2, 0) is 11.3 Å². The molecule has 0 aromatic heterocycles. The lowest BCUT2D eigenvalue weighted by atomic mass is 10.0. The van der Waals surface area contributed by atoms with Crippen LogP contribution in [0.1, 0.15) is 24.0 Å². The molecule has 3 heteroatoms. The Morgan fingerprint density at radius 3 is 2.35 bits per heavy atom. The first-order chi connectivity index (χ1) is 9.70. The number of ether oxygens (including phenoxy) is 1. The zero-order valence-electron chi connectivity index (χ0n) is 11.8. The number of carbonyl (C=O) groups is 1. The molecule has 0 saturated carbocycles. The maximum atomic E-state index is 12.1. The topological polar surface area (TPSA) is 38.3 Å². The molecule has 1 unspecified atom stereocenters. The van der Waals surface area contributed by atoms with Gasteiger partial charge in [-0.3, -0.25) is 4.79 Å². The molecule has 1 N–H and O–H groups in total. The molecule has 1 atom stereocenters. The van der Waals surface area contributed by atoms with Gasteiger partial charge in [-0.05, 0) is 30.2 Å². The van der Waals surface area contributed by atoms with Crippen LogP contribution in [0.5, 0.6) is 5.75 Å². The summed E-state index contributed by atoms with van der Waals surface area (Å²) < 4.78 is 5.11. The van der Waals surface area contributed by atoms with Gasteiger partial charge >= 0.3 is 0 Å². The summed E-state index contributed by atoms with van der Waals surface area (Å²) in [4.78, 5) is 12.1. The summed E-state index contributed by atoms with van der Waals surface area (Å²) >= 11 is 0. The molecule has 2 rings (SSSR count). The van der Waals surface area contributed by atoms with E-state index in [1.165, 1.54) is 0 Å². The normalized spacial score (nSPS) is 11.7. The van der Waals surface area contributed by atoms with Crippen molar-refractivity contribution in [1.29, 1.82) is 0 Å². The van der Waals surface area contributed by atoms with Gasteiger partial charge in [0.1, 0.15) is 5.75 Å². The standard InChI is InChI=1S/C17H19NO2/c1-13(15-8-10-16(20-2)11-9-15)17(19)18-12-14-6-4-3-5-7-14/h3-11,13H,12H2,1-2H3,(H,18,19). The second-order valence-corrected chi connectivity index (χ2v) is 4.70. The van der Waals surface area contributed by atoms with Gasteiger partial charge in [-0.1, -0.05) is 42.5 Å². The first kappa shape index (κ1) is 14.1. The van der Waals surface area contributed by atoms with E-state index in [0.29, 0.717) is 6.54 Å². The van der Waals surface area contributed by atoms with Crippen molar-refractivity contribution in [3.63, 3.8) is 0 Å². The number of methoxy groups -OCH3 is 1. The highest BCUT2D eigenvalue weighted by molar-refractivity contribution is 5.83. The lowest BCUT2D eigenvalue weighted by molar-refractivity contribution is -0.122. The average Bonchev–Trinajstić information content (AvgIpc) is 2.53. The fraction of sp³-hybridized carbons (Fsp3) is 0.235. The quantitative estimate of drug-likeness (QED) is 0.905. The fourth-order valence-electron chi connectivity index (χ4n) is 1.98. The van der Waals surface area contributed by atoms with Gasteiger partial charge in [0, 0.05) is 6.54 Å². The van der Waals surface area contributed by atoms with Crippen LogP contribution in [0.4, 0.5) is 0 Å². The minimum absolute atomic E-state index is 0.0269. The van der Waals surface area contributed by atoms with E-state index in [0.717, 1.165) is 16.9 Å². The van der Waals surface area contributed by atoms with E-state index in [9.17, 15) is 4.79 Å². The molecule has 0 spiro atoms. The Balaban J connectivity index is 1.94. The average molecular weight is 269 g/mol. The Bertz CT molecular complexity index is 549. The van der Waals surface area contributed by atoms with Crippen molar-refractivity contribution in [2.45, 2.75) is 19.4 Å². The highest BCUT2D eigenvalue weighted by atomic mass is 16.5. The van der Waals surface area contributed by atoms with Crippen molar-refractivity contribution in [1.82, 2.24) is 5.32 Å². The molecule has 0 saturated heterocycles. The summed E-state index contributed by atoms with van der Waals surface area (Å²) in [5.74, 6) is 0.647. The first-order valence-corrected chi connectivity index (χ1v) is 6.66. The second-order valence-electron chi connectivity index (χ2n) is 4.70. The van der Waals surface area contributed by atoms with Crippen LogP contribution in [0, 0.1) is 0 Å². The molecule has 0 bridgehead atoms. The Morgan fingerprint density at radius 2 is 1.75 bits per heavy atom. The molecule has 0 aliphatic heterocycles. The van der Waals surface area contributed by atoms with Gasteiger partial charge in [-0.25, -0.2) is 0 Å². The third-order valence-corrected chi connectivity index (χ3v) is 3.32. The summed E-state index contributed by atoms with van der Waals surface area (Å²) in [6.45, 7) is 2.46. The van der Waals surface area contributed by atoms with E-state index in [1.54, 1.807) is 7.11 Å². The molecule has 2 aromatic rings. The maximum Gasteiger partial charge on any atom is 0.227 e. The van der Waals surface area contributed by atoms with Crippen LogP contribution >= 0.6 is 0 Å². The number of hydrogen-bond donors (Lipinski definition) is 1. The van der Waals surface area contributed by atoms with Gasteiger partial charge in [0.15, 0.2) is 0 Å². The van der Waals surface area contributed by atoms with Crippen molar-refractivity contribution >= 4 is 5.91 Å². The van der Waals surface area contributed by atoms with E-state index in [-0.39, 0.29) is 11.8 Å². The van der Waals surface area contributed by atoms with Crippen molar-refractivity contribution < 1.29 is 9.53 Å². The second kappa shape index (κ2) is 6.75. The van der Waals surface area contributed by atoms with Crippen molar-refractivity contribution in [3.05, 3.63) is 65.7 Å². The summed E-state index contributed by atoms with van der Waals surface area (Å²) in [5.41, 5.74) is 2.08. The van der Waals surface area contributed by atoms with Crippen LogP contribution in [0.25, 0.3) is 0 Å². The van der Waals surface area contributed by atoms with E-state index < -0.39 is 0 Å². The van der Waals surface area contributed by atoms with E-state index in [1.807, 2.05) is 61.5 Å². The Morgan fingerprint density at radius 1 is 1.10 bits per heavy atom. The highest BCUT2D eigenvalue weighted by Gasteiger charge is 2.14. The molecule has 2 aromatic carbocycles. The van der Waals surface area contributed by atoms with E-state index in [2.05, 4.69) is 5.32 Å². The molecular formula is C17H19NO2. The largest absolute Gasteiger partial charge is 0.497 e. The maximum absolute atomic E-state index is 12.1. The molecule has 104 valence electrons. The fourth-order valence-corrected chi connectivity index (χ4v) is 1.98. The molecular weight excluding hydrogens is 250 g/mol. The smallest absolute Gasteiger partial charge is 0.227 e. The Hall–Kier alpha value is -2.29. The van der Waals surface area contributed by atoms with Gasteiger partial charge in [0.2, 0.25) is 5.91 Å². The molecule has 0 fully saturated rings. The van der Waals surface area contributed by atoms with Crippen LogP contribution in [0.15, 0.2) is 54.6 Å². The minimum atomic E-state index is -0.176. The van der Waals surface area contributed by atoms with Crippen molar-refractivity contribution in [2.75, 3.05) is 7.11 Å². The van der Waals surface area contributed by atoms with Crippen LogP contribution in [-0.4, -0.2) is 13.0 Å². The predicted molar refractivity (Wildman–Crippen MR) is 79.7 cm³/mol. The van der Waals surface area contributed by atoms with Gasteiger partial charge in [0.05, 0.1) is 13.0 Å². The molecule has 20 heavy (non-hydrogen) atoms. The summed E-state index contributed by atoms with van der Waals surface area (Å²) in [5, 5.41) is 2.96. The van der Waals surface area contributed by atoms with Gasteiger partial charge < -0.3 is 10.1 Å². The molecule has 0 aliphatic carbocycles. The number of hydrogen-bond acceptors (Lipinski definition) is 2. The number of nitrogens with one attached hydrogen (secondary N) is 1. The number of benzene rings is 2. The summed E-state index contributed by atoms with van der Waals surface area (Å²) in [6, 6.07) is 17.5. The number of amides is 1. The highest BCUT2D eigenvalue weighted by Crippen LogP contribution is 2.19. The predicted octanol–water partition coefficient (Wildman–Crippen LogP) is 3.12. The minimum Gasteiger partial charge on any atom is -0.497 e.